The van der Waals surface area contributed by atoms with E-state index in [2.05, 4.69) is 22.3 Å². The molecule has 2 rings (SSSR count). The van der Waals surface area contributed by atoms with Gasteiger partial charge >= 0.3 is 0 Å². The Hall–Kier alpha value is -2.54. The van der Waals surface area contributed by atoms with Crippen LogP contribution in [-0.2, 0) is 12.8 Å². The maximum absolute atomic E-state index is 10.7. The minimum atomic E-state index is -0.409. The zero-order valence-electron chi connectivity index (χ0n) is 12.7. The molecule has 0 unspecified atom stereocenters. The largest absolute Gasteiger partial charge is 0.308 e. The number of non-ortho nitro benzene ring substituents is 1. The zero-order chi connectivity index (χ0) is 16.1. The van der Waals surface area contributed by atoms with Gasteiger partial charge < -0.3 is 5.43 Å². The van der Waals surface area contributed by atoms with Gasteiger partial charge in [0.25, 0.3) is 5.69 Å². The van der Waals surface area contributed by atoms with Crippen LogP contribution in [-0.4, -0.2) is 14.9 Å². The minimum absolute atomic E-state index is 0.0786. The summed E-state index contributed by atoms with van der Waals surface area (Å²) in [5.74, 6) is 6.85. The number of rotatable bonds is 6. The molecule has 0 aliphatic heterocycles. The molecule has 1 aromatic heterocycles. The van der Waals surface area contributed by atoms with Crippen LogP contribution in [0.25, 0.3) is 0 Å². The number of hydrogen-bond donors (Lipinski definition) is 2. The molecule has 0 fully saturated rings. The average Bonchev–Trinajstić information content (AvgIpc) is 2.50. The van der Waals surface area contributed by atoms with Crippen molar-refractivity contribution in [1.82, 2.24) is 9.97 Å². The number of nitro benzene ring substituents is 1. The third kappa shape index (κ3) is 3.56. The second-order valence-electron chi connectivity index (χ2n) is 5.04. The van der Waals surface area contributed by atoms with Gasteiger partial charge in [0.15, 0.2) is 0 Å². The molecule has 0 spiro atoms. The smallest absolute Gasteiger partial charge is 0.269 e. The SMILES string of the molecule is CCCc1nc(C)nc(NN)c1Cc1ccc([N+](=O)[O-])cc1. The average molecular weight is 301 g/mol. The number of nitrogen functional groups attached to an aromatic ring is 1. The number of hydrogen-bond acceptors (Lipinski definition) is 6. The van der Waals surface area contributed by atoms with Gasteiger partial charge in [-0.3, -0.25) is 10.1 Å². The fourth-order valence-corrected chi connectivity index (χ4v) is 2.34. The van der Waals surface area contributed by atoms with Crippen molar-refractivity contribution in [2.24, 2.45) is 5.84 Å². The fraction of sp³-hybridized carbons (Fsp3) is 0.333. The van der Waals surface area contributed by atoms with Crippen LogP contribution in [0.2, 0.25) is 0 Å². The van der Waals surface area contributed by atoms with Crippen LogP contribution >= 0.6 is 0 Å². The van der Waals surface area contributed by atoms with Crippen molar-refractivity contribution in [3.8, 4) is 0 Å². The highest BCUT2D eigenvalue weighted by molar-refractivity contribution is 5.49. The van der Waals surface area contributed by atoms with Crippen molar-refractivity contribution < 1.29 is 4.92 Å². The Kier molecular flexibility index (Phi) is 5.00. The molecule has 7 heteroatoms. The van der Waals surface area contributed by atoms with Gasteiger partial charge in [0, 0.05) is 29.8 Å². The molecule has 22 heavy (non-hydrogen) atoms. The number of nitrogens with one attached hydrogen (secondary N) is 1. The molecule has 0 saturated carbocycles. The standard InChI is InChI=1S/C15H19N5O2/c1-3-4-14-13(15(19-16)18-10(2)17-14)9-11-5-7-12(8-6-11)20(21)22/h5-8H,3-4,9,16H2,1-2H3,(H,17,18,19). The third-order valence-electron chi connectivity index (χ3n) is 3.36. The molecule has 0 aliphatic rings. The van der Waals surface area contributed by atoms with Crippen molar-refractivity contribution in [2.75, 3.05) is 5.43 Å². The topological polar surface area (TPSA) is 107 Å². The third-order valence-corrected chi connectivity index (χ3v) is 3.36. The van der Waals surface area contributed by atoms with E-state index in [1.165, 1.54) is 12.1 Å². The lowest BCUT2D eigenvalue weighted by molar-refractivity contribution is -0.384. The summed E-state index contributed by atoms with van der Waals surface area (Å²) >= 11 is 0. The van der Waals surface area contributed by atoms with Crippen LogP contribution in [0.5, 0.6) is 0 Å². The van der Waals surface area contributed by atoms with Gasteiger partial charge in [0.2, 0.25) is 0 Å². The molecule has 1 aromatic carbocycles. The second-order valence-corrected chi connectivity index (χ2v) is 5.04. The van der Waals surface area contributed by atoms with Gasteiger partial charge in [0.05, 0.1) is 4.92 Å². The molecule has 116 valence electrons. The molecule has 3 N–H and O–H groups in total. The first-order chi connectivity index (χ1) is 10.5. The van der Waals surface area contributed by atoms with Gasteiger partial charge in [0.1, 0.15) is 11.6 Å². The Bertz CT molecular complexity index is 670. The van der Waals surface area contributed by atoms with Crippen LogP contribution in [0.1, 0.15) is 36.0 Å². The highest BCUT2D eigenvalue weighted by Crippen LogP contribution is 2.22. The first-order valence-corrected chi connectivity index (χ1v) is 7.11. The number of aromatic nitrogens is 2. The Morgan fingerprint density at radius 2 is 1.95 bits per heavy atom. The monoisotopic (exact) mass is 301 g/mol. The van der Waals surface area contributed by atoms with Crippen LogP contribution in [0.4, 0.5) is 11.5 Å². The highest BCUT2D eigenvalue weighted by Gasteiger charge is 2.13. The molecule has 7 nitrogen and oxygen atoms in total. The summed E-state index contributed by atoms with van der Waals surface area (Å²) in [5, 5.41) is 10.7. The van der Waals surface area contributed by atoms with Crippen molar-refractivity contribution in [2.45, 2.75) is 33.1 Å². The minimum Gasteiger partial charge on any atom is -0.308 e. The number of anilines is 1. The Labute approximate surface area is 128 Å². The summed E-state index contributed by atoms with van der Waals surface area (Å²) in [6.45, 7) is 3.91. The Balaban J connectivity index is 2.36. The first-order valence-electron chi connectivity index (χ1n) is 7.11. The summed E-state index contributed by atoms with van der Waals surface area (Å²) in [6, 6.07) is 6.49. The maximum Gasteiger partial charge on any atom is 0.269 e. The van der Waals surface area contributed by atoms with Crippen LogP contribution in [0.15, 0.2) is 24.3 Å². The summed E-state index contributed by atoms with van der Waals surface area (Å²) in [4.78, 5) is 19.1. The molecule has 0 aliphatic carbocycles. The molecular weight excluding hydrogens is 282 g/mol. The van der Waals surface area contributed by atoms with E-state index in [1.807, 2.05) is 6.92 Å². The lowest BCUT2D eigenvalue weighted by Gasteiger charge is -2.13. The number of hydrazine groups is 1. The molecule has 0 bridgehead atoms. The number of benzene rings is 1. The summed E-state index contributed by atoms with van der Waals surface area (Å²) < 4.78 is 0. The van der Waals surface area contributed by atoms with E-state index in [4.69, 9.17) is 5.84 Å². The van der Waals surface area contributed by atoms with Gasteiger partial charge in [-0.15, -0.1) is 0 Å². The molecule has 0 radical (unpaired) electrons. The number of nitro groups is 1. The zero-order valence-corrected chi connectivity index (χ0v) is 12.7. The van der Waals surface area contributed by atoms with Crippen LogP contribution in [0, 0.1) is 17.0 Å². The van der Waals surface area contributed by atoms with Crippen LogP contribution < -0.4 is 11.3 Å². The van der Waals surface area contributed by atoms with E-state index in [1.54, 1.807) is 12.1 Å². The van der Waals surface area contributed by atoms with E-state index in [9.17, 15) is 10.1 Å². The molecule has 0 amide bonds. The predicted molar refractivity (Wildman–Crippen MR) is 84.5 cm³/mol. The molecule has 2 aromatic rings. The van der Waals surface area contributed by atoms with Crippen LogP contribution in [0.3, 0.4) is 0 Å². The highest BCUT2D eigenvalue weighted by atomic mass is 16.6. The van der Waals surface area contributed by atoms with Gasteiger partial charge in [-0.1, -0.05) is 25.5 Å². The molecule has 0 atom stereocenters. The predicted octanol–water partition coefficient (Wildman–Crippen LogP) is 2.52. The van der Waals surface area contributed by atoms with Crippen molar-refractivity contribution >= 4 is 11.5 Å². The van der Waals surface area contributed by atoms with Gasteiger partial charge in [-0.05, 0) is 18.9 Å². The number of nitrogens with zero attached hydrogens (tertiary/aromatic N) is 3. The first kappa shape index (κ1) is 15.8. The van der Waals surface area contributed by atoms with Gasteiger partial charge in [-0.2, -0.15) is 0 Å². The summed E-state index contributed by atoms with van der Waals surface area (Å²) in [6.07, 6.45) is 2.38. The van der Waals surface area contributed by atoms with Crippen molar-refractivity contribution in [1.29, 1.82) is 0 Å². The Morgan fingerprint density at radius 1 is 1.27 bits per heavy atom. The van der Waals surface area contributed by atoms with Crippen molar-refractivity contribution in [3.63, 3.8) is 0 Å². The number of nitrogens with two attached hydrogens (primary N) is 1. The van der Waals surface area contributed by atoms with E-state index >= 15 is 0 Å². The normalized spacial score (nSPS) is 10.5. The number of aryl methyl sites for hydroxylation is 2. The quantitative estimate of drug-likeness (QED) is 0.482. The van der Waals surface area contributed by atoms with E-state index in [0.717, 1.165) is 29.7 Å². The van der Waals surface area contributed by atoms with Gasteiger partial charge in [-0.25, -0.2) is 15.8 Å². The van der Waals surface area contributed by atoms with Crippen molar-refractivity contribution in [3.05, 3.63) is 57.0 Å². The fourth-order valence-electron chi connectivity index (χ4n) is 2.34. The van der Waals surface area contributed by atoms with E-state index in [-0.39, 0.29) is 5.69 Å². The molecule has 1 heterocycles. The lowest BCUT2D eigenvalue weighted by atomic mass is 10.0. The lowest BCUT2D eigenvalue weighted by Crippen LogP contribution is -2.15. The molecular formula is C15H19N5O2. The van der Waals surface area contributed by atoms with E-state index in [0.29, 0.717) is 18.1 Å². The van der Waals surface area contributed by atoms with E-state index < -0.39 is 4.92 Å². The maximum atomic E-state index is 10.7. The summed E-state index contributed by atoms with van der Waals surface area (Å²) in [5.41, 5.74) is 5.55. The second kappa shape index (κ2) is 6.95. The summed E-state index contributed by atoms with van der Waals surface area (Å²) in [7, 11) is 0. The molecule has 0 saturated heterocycles. The Morgan fingerprint density at radius 3 is 2.50 bits per heavy atom.